The lowest BCUT2D eigenvalue weighted by atomic mass is 9.90. The molecule has 0 N–H and O–H groups in total. The zero-order valence-corrected chi connectivity index (χ0v) is 11.5. The standard InChI is InChI=1S/C14H18N4/c1-9(2)11-6-12(14(3,4)5)17-13-10(7-15)8-16-18(11)13/h6,8-9H,1-5H3. The van der Waals surface area contributed by atoms with Crippen LogP contribution < -0.4 is 0 Å². The van der Waals surface area contributed by atoms with Crippen molar-refractivity contribution in [1.82, 2.24) is 14.6 Å². The van der Waals surface area contributed by atoms with Gasteiger partial charge in [-0.3, -0.25) is 0 Å². The summed E-state index contributed by atoms with van der Waals surface area (Å²) in [7, 11) is 0. The Labute approximate surface area is 107 Å². The highest BCUT2D eigenvalue weighted by Crippen LogP contribution is 2.26. The molecule has 0 aromatic carbocycles. The van der Waals surface area contributed by atoms with Gasteiger partial charge in [0.15, 0.2) is 5.65 Å². The van der Waals surface area contributed by atoms with Crippen LogP contribution in [0.25, 0.3) is 5.65 Å². The first-order valence-corrected chi connectivity index (χ1v) is 6.14. The summed E-state index contributed by atoms with van der Waals surface area (Å²) in [6.45, 7) is 10.6. The van der Waals surface area contributed by atoms with Crippen molar-refractivity contribution in [3.05, 3.63) is 29.2 Å². The van der Waals surface area contributed by atoms with E-state index in [2.05, 4.69) is 56.8 Å². The van der Waals surface area contributed by atoms with Crippen molar-refractivity contribution in [2.24, 2.45) is 0 Å². The highest BCUT2D eigenvalue weighted by Gasteiger charge is 2.20. The fourth-order valence-corrected chi connectivity index (χ4v) is 1.86. The Bertz CT molecular complexity index is 624. The predicted molar refractivity (Wildman–Crippen MR) is 70.5 cm³/mol. The number of fused-ring (bicyclic) bond motifs is 1. The van der Waals surface area contributed by atoms with Crippen molar-refractivity contribution in [3.8, 4) is 6.07 Å². The second-order valence-electron chi connectivity index (χ2n) is 5.88. The molecule has 18 heavy (non-hydrogen) atoms. The largest absolute Gasteiger partial charge is 0.232 e. The molecule has 0 radical (unpaired) electrons. The molecule has 94 valence electrons. The average Bonchev–Trinajstić information content (AvgIpc) is 2.68. The van der Waals surface area contributed by atoms with Crippen molar-refractivity contribution >= 4 is 5.65 Å². The van der Waals surface area contributed by atoms with E-state index in [0.29, 0.717) is 17.1 Å². The fourth-order valence-electron chi connectivity index (χ4n) is 1.86. The Hall–Kier alpha value is -1.89. The fraction of sp³-hybridized carbons (Fsp3) is 0.500. The Morgan fingerprint density at radius 3 is 2.50 bits per heavy atom. The third-order valence-electron chi connectivity index (χ3n) is 2.98. The van der Waals surface area contributed by atoms with Gasteiger partial charge in [-0.25, -0.2) is 9.50 Å². The van der Waals surface area contributed by atoms with E-state index >= 15 is 0 Å². The van der Waals surface area contributed by atoms with Crippen molar-refractivity contribution < 1.29 is 0 Å². The van der Waals surface area contributed by atoms with E-state index in [1.54, 1.807) is 10.7 Å². The van der Waals surface area contributed by atoms with Crippen molar-refractivity contribution in [2.45, 2.75) is 46.0 Å². The van der Waals surface area contributed by atoms with Crippen LogP contribution in [0.5, 0.6) is 0 Å². The average molecular weight is 242 g/mol. The van der Waals surface area contributed by atoms with Gasteiger partial charge < -0.3 is 0 Å². The van der Waals surface area contributed by atoms with Gasteiger partial charge in [0.2, 0.25) is 0 Å². The third-order valence-corrected chi connectivity index (χ3v) is 2.98. The number of nitrogens with zero attached hydrogens (tertiary/aromatic N) is 4. The number of hydrogen-bond acceptors (Lipinski definition) is 3. The molecule has 0 saturated heterocycles. The van der Waals surface area contributed by atoms with Crippen molar-refractivity contribution in [2.75, 3.05) is 0 Å². The summed E-state index contributed by atoms with van der Waals surface area (Å²) in [5.41, 5.74) is 3.24. The van der Waals surface area contributed by atoms with Gasteiger partial charge in [-0.05, 0) is 12.0 Å². The van der Waals surface area contributed by atoms with Gasteiger partial charge in [0, 0.05) is 11.1 Å². The first-order valence-electron chi connectivity index (χ1n) is 6.14. The Kier molecular flexibility index (Phi) is 2.86. The van der Waals surface area contributed by atoms with Crippen LogP contribution in [-0.4, -0.2) is 14.6 Å². The van der Waals surface area contributed by atoms with Gasteiger partial charge in [-0.15, -0.1) is 0 Å². The summed E-state index contributed by atoms with van der Waals surface area (Å²) in [5, 5.41) is 13.4. The highest BCUT2D eigenvalue weighted by atomic mass is 15.3. The lowest BCUT2D eigenvalue weighted by molar-refractivity contribution is 0.563. The first kappa shape index (κ1) is 12.6. The molecular weight excluding hydrogens is 224 g/mol. The predicted octanol–water partition coefficient (Wildman–Crippen LogP) is 3.02. The molecule has 2 aromatic heterocycles. The molecule has 0 amide bonds. The molecule has 2 aromatic rings. The second kappa shape index (κ2) is 4.09. The minimum absolute atomic E-state index is 0.0393. The van der Waals surface area contributed by atoms with Crippen LogP contribution in [-0.2, 0) is 5.41 Å². The normalized spacial score (nSPS) is 12.1. The van der Waals surface area contributed by atoms with Gasteiger partial charge in [0.05, 0.1) is 11.9 Å². The lowest BCUT2D eigenvalue weighted by Crippen LogP contribution is -2.16. The first-order chi connectivity index (χ1) is 8.34. The molecule has 0 aliphatic heterocycles. The summed E-state index contributed by atoms with van der Waals surface area (Å²) >= 11 is 0. The van der Waals surface area contributed by atoms with Crippen LogP contribution >= 0.6 is 0 Å². The van der Waals surface area contributed by atoms with Gasteiger partial charge >= 0.3 is 0 Å². The Morgan fingerprint density at radius 2 is 2.00 bits per heavy atom. The van der Waals surface area contributed by atoms with Crippen LogP contribution in [0.15, 0.2) is 12.3 Å². The summed E-state index contributed by atoms with van der Waals surface area (Å²) < 4.78 is 1.78. The van der Waals surface area contributed by atoms with E-state index in [1.165, 1.54) is 0 Å². The number of rotatable bonds is 1. The molecule has 0 aliphatic rings. The lowest BCUT2D eigenvalue weighted by Gasteiger charge is -2.20. The zero-order valence-electron chi connectivity index (χ0n) is 11.5. The van der Waals surface area contributed by atoms with Crippen LogP contribution in [0, 0.1) is 11.3 Å². The van der Waals surface area contributed by atoms with E-state index in [0.717, 1.165) is 11.4 Å². The molecule has 0 unspecified atom stereocenters. The highest BCUT2D eigenvalue weighted by molar-refractivity contribution is 5.55. The Balaban J connectivity index is 2.83. The van der Waals surface area contributed by atoms with Crippen molar-refractivity contribution in [1.29, 1.82) is 5.26 Å². The molecule has 0 bridgehead atoms. The second-order valence-corrected chi connectivity index (χ2v) is 5.88. The summed E-state index contributed by atoms with van der Waals surface area (Å²) in [6.07, 6.45) is 1.58. The van der Waals surface area contributed by atoms with Gasteiger partial charge in [0.1, 0.15) is 11.6 Å². The minimum Gasteiger partial charge on any atom is -0.232 e. The molecule has 0 fully saturated rings. The maximum Gasteiger partial charge on any atom is 0.173 e. The Morgan fingerprint density at radius 1 is 1.33 bits per heavy atom. The SMILES string of the molecule is CC(C)c1cc(C(C)(C)C)nc2c(C#N)cnn12. The van der Waals surface area contributed by atoms with Crippen LogP contribution in [0.2, 0.25) is 0 Å². The molecule has 4 nitrogen and oxygen atoms in total. The summed E-state index contributed by atoms with van der Waals surface area (Å²) in [6, 6.07) is 4.24. The quantitative estimate of drug-likeness (QED) is 0.772. The van der Waals surface area contributed by atoms with Crippen LogP contribution in [0.1, 0.15) is 57.5 Å². The molecule has 2 rings (SSSR count). The maximum atomic E-state index is 9.10. The van der Waals surface area contributed by atoms with Gasteiger partial charge in [-0.2, -0.15) is 10.4 Å². The van der Waals surface area contributed by atoms with E-state index in [-0.39, 0.29) is 5.41 Å². The van der Waals surface area contributed by atoms with Gasteiger partial charge in [-0.1, -0.05) is 34.6 Å². The molecule has 2 heterocycles. The molecule has 0 saturated carbocycles. The molecule has 0 aliphatic carbocycles. The molecular formula is C14H18N4. The number of nitriles is 1. The van der Waals surface area contributed by atoms with Crippen LogP contribution in [0.4, 0.5) is 0 Å². The van der Waals surface area contributed by atoms with Crippen molar-refractivity contribution in [3.63, 3.8) is 0 Å². The smallest absolute Gasteiger partial charge is 0.173 e. The minimum atomic E-state index is -0.0393. The van der Waals surface area contributed by atoms with E-state index in [4.69, 9.17) is 5.26 Å². The molecule has 0 spiro atoms. The number of aromatic nitrogens is 3. The molecule has 0 atom stereocenters. The van der Waals surface area contributed by atoms with E-state index in [1.807, 2.05) is 0 Å². The van der Waals surface area contributed by atoms with Crippen LogP contribution in [0.3, 0.4) is 0 Å². The summed E-state index contributed by atoms with van der Waals surface area (Å²) in [4.78, 5) is 4.60. The number of hydrogen-bond donors (Lipinski definition) is 0. The topological polar surface area (TPSA) is 54.0 Å². The zero-order chi connectivity index (χ0) is 13.5. The van der Waals surface area contributed by atoms with E-state index in [9.17, 15) is 0 Å². The van der Waals surface area contributed by atoms with Gasteiger partial charge in [0.25, 0.3) is 0 Å². The maximum absolute atomic E-state index is 9.10. The monoisotopic (exact) mass is 242 g/mol. The third kappa shape index (κ3) is 1.97. The molecule has 4 heteroatoms. The van der Waals surface area contributed by atoms with E-state index < -0.39 is 0 Å². The summed E-state index contributed by atoms with van der Waals surface area (Å²) in [5.74, 6) is 0.336.